The molecule has 27 heavy (non-hydrogen) atoms. The Balaban J connectivity index is 1.60. The largest absolute Gasteiger partial charge is 0.365 e. The van der Waals surface area contributed by atoms with E-state index < -0.39 is 0 Å². The average molecular weight is 365 g/mol. The number of likely N-dealkylation sites (N-methyl/N-ethyl adjacent to an activating group) is 1. The zero-order valence-corrected chi connectivity index (χ0v) is 16.3. The van der Waals surface area contributed by atoms with Crippen LogP contribution < -0.4 is 10.2 Å². The molecule has 0 spiro atoms. The molecule has 1 aliphatic rings. The highest BCUT2D eigenvalue weighted by atomic mass is 15.4. The molecule has 0 unspecified atom stereocenters. The molecule has 3 aromatic rings. The number of anilines is 2. The summed E-state index contributed by atoms with van der Waals surface area (Å²) in [6, 6.07) is 8.56. The normalized spacial score (nSPS) is 15.4. The first-order valence-electron chi connectivity index (χ1n) is 9.60. The standard InChI is InChI=1S/C20H27N7/c1-4-26-9-11-27(12-10-26)20-23-18(17-14-22-25(3)19(17)24-20)21-13-16-7-5-15(2)6-8-16/h5-8,14H,4,9-13H2,1-3H3,(H,21,23,24). The zero-order valence-electron chi connectivity index (χ0n) is 16.3. The first-order valence-corrected chi connectivity index (χ1v) is 9.60. The molecule has 0 saturated carbocycles. The Kier molecular flexibility index (Phi) is 4.94. The zero-order chi connectivity index (χ0) is 18.8. The summed E-state index contributed by atoms with van der Waals surface area (Å²) >= 11 is 0. The third-order valence-electron chi connectivity index (χ3n) is 5.26. The smallest absolute Gasteiger partial charge is 0.229 e. The Hall–Kier alpha value is -2.67. The maximum atomic E-state index is 4.85. The number of nitrogens with zero attached hydrogens (tertiary/aromatic N) is 6. The van der Waals surface area contributed by atoms with Crippen molar-refractivity contribution < 1.29 is 0 Å². The van der Waals surface area contributed by atoms with E-state index in [1.54, 1.807) is 0 Å². The Morgan fingerprint density at radius 1 is 1.04 bits per heavy atom. The van der Waals surface area contributed by atoms with Gasteiger partial charge in [-0.25, -0.2) is 0 Å². The quantitative estimate of drug-likeness (QED) is 0.749. The van der Waals surface area contributed by atoms with E-state index in [-0.39, 0.29) is 0 Å². The third kappa shape index (κ3) is 3.73. The maximum absolute atomic E-state index is 4.85. The second kappa shape index (κ2) is 7.52. The molecular formula is C20H27N7. The highest BCUT2D eigenvalue weighted by Crippen LogP contribution is 2.24. The van der Waals surface area contributed by atoms with Crippen molar-refractivity contribution in [3.63, 3.8) is 0 Å². The summed E-state index contributed by atoms with van der Waals surface area (Å²) in [5, 5.41) is 8.84. The first kappa shape index (κ1) is 17.7. The maximum Gasteiger partial charge on any atom is 0.229 e. The van der Waals surface area contributed by atoms with Gasteiger partial charge in [-0.05, 0) is 19.0 Å². The summed E-state index contributed by atoms with van der Waals surface area (Å²) in [4.78, 5) is 14.4. The van der Waals surface area contributed by atoms with Crippen molar-refractivity contribution in [2.24, 2.45) is 7.05 Å². The molecule has 7 nitrogen and oxygen atoms in total. The van der Waals surface area contributed by atoms with Crippen LogP contribution in [-0.4, -0.2) is 57.4 Å². The fourth-order valence-electron chi connectivity index (χ4n) is 3.44. The van der Waals surface area contributed by atoms with Crippen molar-refractivity contribution in [2.45, 2.75) is 20.4 Å². The number of aryl methyl sites for hydroxylation is 2. The Morgan fingerprint density at radius 3 is 2.48 bits per heavy atom. The minimum atomic E-state index is 0.727. The van der Waals surface area contributed by atoms with Crippen LogP contribution in [0.4, 0.5) is 11.8 Å². The number of nitrogens with one attached hydrogen (secondary N) is 1. The summed E-state index contributed by atoms with van der Waals surface area (Å²) in [7, 11) is 1.93. The fraction of sp³-hybridized carbons (Fsp3) is 0.450. The summed E-state index contributed by atoms with van der Waals surface area (Å²) in [6.45, 7) is 10.1. The summed E-state index contributed by atoms with van der Waals surface area (Å²) < 4.78 is 1.82. The van der Waals surface area contributed by atoms with E-state index in [0.29, 0.717) is 0 Å². The Morgan fingerprint density at radius 2 is 1.78 bits per heavy atom. The van der Waals surface area contributed by atoms with E-state index >= 15 is 0 Å². The fourth-order valence-corrected chi connectivity index (χ4v) is 3.44. The molecule has 4 rings (SSSR count). The molecule has 142 valence electrons. The molecule has 0 atom stereocenters. The SMILES string of the molecule is CCN1CCN(c2nc(NCc3ccc(C)cc3)c3cnn(C)c3n2)CC1. The lowest BCUT2D eigenvalue weighted by molar-refractivity contribution is 0.270. The minimum absolute atomic E-state index is 0.727. The number of hydrogen-bond donors (Lipinski definition) is 1. The molecule has 2 aromatic heterocycles. The van der Waals surface area contributed by atoms with E-state index in [4.69, 9.17) is 9.97 Å². The number of rotatable bonds is 5. The number of aromatic nitrogens is 4. The van der Waals surface area contributed by atoms with Gasteiger partial charge in [-0.15, -0.1) is 0 Å². The predicted octanol–water partition coefficient (Wildman–Crippen LogP) is 2.43. The highest BCUT2D eigenvalue weighted by Gasteiger charge is 2.20. The van der Waals surface area contributed by atoms with Crippen LogP contribution >= 0.6 is 0 Å². The lowest BCUT2D eigenvalue weighted by Gasteiger charge is -2.34. The van der Waals surface area contributed by atoms with Gasteiger partial charge in [-0.2, -0.15) is 15.1 Å². The molecule has 0 aliphatic carbocycles. The van der Waals surface area contributed by atoms with Gasteiger partial charge in [0.25, 0.3) is 0 Å². The van der Waals surface area contributed by atoms with E-state index in [9.17, 15) is 0 Å². The molecule has 0 amide bonds. The lowest BCUT2D eigenvalue weighted by atomic mass is 10.1. The summed E-state index contributed by atoms with van der Waals surface area (Å²) in [5.74, 6) is 1.63. The third-order valence-corrected chi connectivity index (χ3v) is 5.26. The van der Waals surface area contributed by atoms with Gasteiger partial charge in [0.15, 0.2) is 5.65 Å². The molecule has 1 fully saturated rings. The van der Waals surface area contributed by atoms with E-state index in [1.807, 2.05) is 17.9 Å². The lowest BCUT2D eigenvalue weighted by Crippen LogP contribution is -2.46. The second-order valence-corrected chi connectivity index (χ2v) is 7.14. The molecule has 7 heteroatoms. The number of hydrogen-bond acceptors (Lipinski definition) is 6. The Labute approximate surface area is 160 Å². The van der Waals surface area contributed by atoms with Crippen molar-refractivity contribution >= 4 is 22.8 Å². The van der Waals surface area contributed by atoms with Gasteiger partial charge >= 0.3 is 0 Å². The van der Waals surface area contributed by atoms with Crippen molar-refractivity contribution in [1.82, 2.24) is 24.6 Å². The van der Waals surface area contributed by atoms with Crippen LogP contribution in [0.2, 0.25) is 0 Å². The highest BCUT2D eigenvalue weighted by molar-refractivity contribution is 5.87. The molecule has 1 aromatic carbocycles. The predicted molar refractivity (Wildman–Crippen MR) is 109 cm³/mol. The van der Waals surface area contributed by atoms with E-state index in [1.165, 1.54) is 11.1 Å². The van der Waals surface area contributed by atoms with E-state index in [2.05, 4.69) is 58.3 Å². The van der Waals surface area contributed by atoms with Crippen molar-refractivity contribution in [1.29, 1.82) is 0 Å². The van der Waals surface area contributed by atoms with Gasteiger partial charge in [0.1, 0.15) is 5.82 Å². The van der Waals surface area contributed by atoms with Gasteiger partial charge in [-0.3, -0.25) is 4.68 Å². The summed E-state index contributed by atoms with van der Waals surface area (Å²) in [5.41, 5.74) is 3.36. The van der Waals surface area contributed by atoms with Crippen LogP contribution in [0.25, 0.3) is 11.0 Å². The molecule has 1 N–H and O–H groups in total. The van der Waals surface area contributed by atoms with Crippen LogP contribution in [0.3, 0.4) is 0 Å². The summed E-state index contributed by atoms with van der Waals surface area (Å²) in [6.07, 6.45) is 1.84. The van der Waals surface area contributed by atoms with Gasteiger partial charge in [0.2, 0.25) is 5.95 Å². The van der Waals surface area contributed by atoms with Crippen LogP contribution in [-0.2, 0) is 13.6 Å². The van der Waals surface area contributed by atoms with Crippen LogP contribution in [0, 0.1) is 6.92 Å². The number of piperazine rings is 1. The minimum Gasteiger partial charge on any atom is -0.365 e. The first-order chi connectivity index (χ1) is 13.1. The van der Waals surface area contributed by atoms with Gasteiger partial charge in [0, 0.05) is 39.8 Å². The molecule has 3 heterocycles. The topological polar surface area (TPSA) is 62.1 Å². The van der Waals surface area contributed by atoms with Crippen LogP contribution in [0.15, 0.2) is 30.5 Å². The second-order valence-electron chi connectivity index (χ2n) is 7.14. The molecule has 1 aliphatic heterocycles. The molecular weight excluding hydrogens is 338 g/mol. The van der Waals surface area contributed by atoms with E-state index in [0.717, 1.165) is 62.1 Å². The van der Waals surface area contributed by atoms with Crippen molar-refractivity contribution in [2.75, 3.05) is 42.9 Å². The van der Waals surface area contributed by atoms with Crippen LogP contribution in [0.5, 0.6) is 0 Å². The Bertz CT molecular complexity index is 908. The number of fused-ring (bicyclic) bond motifs is 1. The average Bonchev–Trinajstić information content (AvgIpc) is 3.08. The number of benzene rings is 1. The molecule has 0 bridgehead atoms. The van der Waals surface area contributed by atoms with Gasteiger partial charge < -0.3 is 15.1 Å². The molecule has 0 radical (unpaired) electrons. The van der Waals surface area contributed by atoms with Crippen molar-refractivity contribution in [3.8, 4) is 0 Å². The van der Waals surface area contributed by atoms with Crippen LogP contribution in [0.1, 0.15) is 18.1 Å². The molecule has 1 saturated heterocycles. The monoisotopic (exact) mass is 365 g/mol. The van der Waals surface area contributed by atoms with Crippen molar-refractivity contribution in [3.05, 3.63) is 41.6 Å². The van der Waals surface area contributed by atoms with Gasteiger partial charge in [0.05, 0.1) is 11.6 Å². The van der Waals surface area contributed by atoms with Gasteiger partial charge in [-0.1, -0.05) is 36.8 Å².